The normalized spacial score (nSPS) is 11.1. The van der Waals surface area contributed by atoms with Gasteiger partial charge in [-0.2, -0.15) is 0 Å². The Labute approximate surface area is 162 Å². The topological polar surface area (TPSA) is 73.0 Å². The summed E-state index contributed by atoms with van der Waals surface area (Å²) in [5.41, 5.74) is 3.08. The maximum Gasteiger partial charge on any atom is 0.164 e. The van der Waals surface area contributed by atoms with E-state index in [1.54, 1.807) is 23.0 Å². The number of hydrogen-bond donors (Lipinski definition) is 0. The van der Waals surface area contributed by atoms with Crippen molar-refractivity contribution in [2.75, 3.05) is 0 Å². The molecule has 0 fully saturated rings. The maximum absolute atomic E-state index is 13.4. The fourth-order valence-electron chi connectivity index (χ4n) is 2.78. The Morgan fingerprint density at radius 2 is 1.71 bits per heavy atom. The highest BCUT2D eigenvalue weighted by atomic mass is 32.2. The van der Waals surface area contributed by atoms with Gasteiger partial charge in [-0.15, -0.1) is 4.91 Å². The lowest BCUT2D eigenvalue weighted by molar-refractivity contribution is 0.578. The van der Waals surface area contributed by atoms with E-state index in [9.17, 15) is 13.7 Å². The van der Waals surface area contributed by atoms with Gasteiger partial charge in [-0.25, -0.2) is 23.7 Å². The van der Waals surface area contributed by atoms with Gasteiger partial charge >= 0.3 is 0 Å². The van der Waals surface area contributed by atoms with Gasteiger partial charge < -0.3 is 4.57 Å². The van der Waals surface area contributed by atoms with E-state index in [0.29, 0.717) is 33.2 Å². The van der Waals surface area contributed by atoms with Crippen molar-refractivity contribution < 1.29 is 8.78 Å². The lowest BCUT2D eigenvalue weighted by Gasteiger charge is -2.06. The molecule has 0 aliphatic rings. The number of rotatable bonds is 6. The molecule has 0 spiro atoms. The van der Waals surface area contributed by atoms with Crippen molar-refractivity contribution in [2.45, 2.75) is 17.3 Å². The Morgan fingerprint density at radius 1 is 0.964 bits per heavy atom. The lowest BCUT2D eigenvalue weighted by Crippen LogP contribution is -2.01. The van der Waals surface area contributed by atoms with Crippen LogP contribution in [0.2, 0.25) is 0 Å². The molecule has 0 N–H and O–H groups in total. The Morgan fingerprint density at radius 3 is 2.43 bits per heavy atom. The van der Waals surface area contributed by atoms with E-state index < -0.39 is 11.6 Å². The number of nitroso groups, excluding NO2 is 1. The van der Waals surface area contributed by atoms with Gasteiger partial charge in [-0.3, -0.25) is 0 Å². The number of hydrogen-bond acceptors (Lipinski definition) is 6. The molecule has 0 aliphatic heterocycles. The highest BCUT2D eigenvalue weighted by Gasteiger charge is 2.12. The minimum Gasteiger partial charge on any atom is -0.311 e. The summed E-state index contributed by atoms with van der Waals surface area (Å²) >= 11 is 1.49. The molecule has 2 aromatic heterocycles. The van der Waals surface area contributed by atoms with Crippen molar-refractivity contribution in [3.63, 3.8) is 0 Å². The molecule has 4 rings (SSSR count). The van der Waals surface area contributed by atoms with Crippen molar-refractivity contribution in [3.8, 4) is 0 Å². The smallest absolute Gasteiger partial charge is 0.164 e. The molecule has 140 valence electrons. The minimum atomic E-state index is -0.624. The van der Waals surface area contributed by atoms with Crippen LogP contribution in [0.4, 0.5) is 14.5 Å². The van der Waals surface area contributed by atoms with E-state index >= 15 is 0 Å². The third-order valence-corrected chi connectivity index (χ3v) is 5.11. The molecule has 2 aromatic carbocycles. The SMILES string of the molecule is O=Nc1ccc(CSc2ncnc3c2ncn3Cc2cc(F)cc(F)c2)cc1. The molecule has 0 saturated heterocycles. The molecule has 0 aliphatic carbocycles. The summed E-state index contributed by atoms with van der Waals surface area (Å²) in [5.74, 6) is -0.616. The Kier molecular flexibility index (Phi) is 5.07. The quantitative estimate of drug-likeness (QED) is 0.264. The third kappa shape index (κ3) is 3.89. The molecular weight excluding hydrogens is 384 g/mol. The molecule has 28 heavy (non-hydrogen) atoms. The number of benzene rings is 2. The fraction of sp³-hybridized carbons (Fsp3) is 0.105. The molecule has 0 radical (unpaired) electrons. The Balaban J connectivity index is 1.56. The van der Waals surface area contributed by atoms with Crippen LogP contribution in [0, 0.1) is 16.5 Å². The Hall–Kier alpha value is -3.20. The first kappa shape index (κ1) is 18.2. The average molecular weight is 397 g/mol. The number of imidazole rings is 1. The molecular formula is C19H13F2N5OS. The molecule has 0 bridgehead atoms. The van der Waals surface area contributed by atoms with Crippen LogP contribution in [0.1, 0.15) is 11.1 Å². The summed E-state index contributed by atoms with van der Waals surface area (Å²) in [6.07, 6.45) is 3.02. The number of aromatic nitrogens is 4. The van der Waals surface area contributed by atoms with E-state index in [0.717, 1.165) is 11.6 Å². The number of fused-ring (bicyclic) bond motifs is 1. The van der Waals surface area contributed by atoms with Crippen molar-refractivity contribution >= 4 is 28.6 Å². The maximum atomic E-state index is 13.4. The average Bonchev–Trinajstić information content (AvgIpc) is 3.09. The lowest BCUT2D eigenvalue weighted by atomic mass is 10.2. The second-order valence-electron chi connectivity index (χ2n) is 6.05. The zero-order valence-electron chi connectivity index (χ0n) is 14.4. The van der Waals surface area contributed by atoms with Gasteiger partial charge in [0.1, 0.15) is 34.2 Å². The highest BCUT2D eigenvalue weighted by Crippen LogP contribution is 2.27. The molecule has 0 atom stereocenters. The number of halogens is 2. The summed E-state index contributed by atoms with van der Waals surface area (Å²) in [7, 11) is 0. The molecule has 0 unspecified atom stereocenters. The zero-order valence-corrected chi connectivity index (χ0v) is 15.2. The molecule has 0 saturated carbocycles. The predicted molar refractivity (Wildman–Crippen MR) is 102 cm³/mol. The Bertz CT molecular complexity index is 1130. The monoisotopic (exact) mass is 397 g/mol. The van der Waals surface area contributed by atoms with Crippen molar-refractivity contribution in [3.05, 3.63) is 82.8 Å². The second-order valence-corrected chi connectivity index (χ2v) is 7.01. The fourth-order valence-corrected chi connectivity index (χ4v) is 3.68. The first-order valence-electron chi connectivity index (χ1n) is 8.28. The minimum absolute atomic E-state index is 0.243. The number of nitrogens with zero attached hydrogens (tertiary/aromatic N) is 5. The molecule has 0 amide bonds. The van der Waals surface area contributed by atoms with Crippen LogP contribution in [-0.2, 0) is 12.3 Å². The van der Waals surface area contributed by atoms with Crippen LogP contribution >= 0.6 is 11.8 Å². The number of thioether (sulfide) groups is 1. The third-order valence-electron chi connectivity index (χ3n) is 4.06. The summed E-state index contributed by atoms with van der Waals surface area (Å²) in [5, 5.41) is 3.58. The van der Waals surface area contributed by atoms with Gasteiger partial charge in [0.05, 0.1) is 12.9 Å². The van der Waals surface area contributed by atoms with Crippen LogP contribution in [0.25, 0.3) is 11.2 Å². The van der Waals surface area contributed by atoms with Crippen molar-refractivity contribution in [1.29, 1.82) is 0 Å². The molecule has 9 heteroatoms. The van der Waals surface area contributed by atoms with Gasteiger partial charge in [0.15, 0.2) is 5.65 Å². The van der Waals surface area contributed by atoms with Crippen molar-refractivity contribution in [2.24, 2.45) is 5.18 Å². The summed E-state index contributed by atoms with van der Waals surface area (Å²) in [6.45, 7) is 0.243. The zero-order chi connectivity index (χ0) is 19.5. The van der Waals surface area contributed by atoms with Crippen LogP contribution in [0.3, 0.4) is 0 Å². The second kappa shape index (κ2) is 7.81. The van der Waals surface area contributed by atoms with E-state index in [4.69, 9.17) is 0 Å². The highest BCUT2D eigenvalue weighted by molar-refractivity contribution is 7.98. The van der Waals surface area contributed by atoms with Gasteiger partial charge in [0, 0.05) is 11.8 Å². The summed E-state index contributed by atoms with van der Waals surface area (Å²) < 4.78 is 28.6. The summed E-state index contributed by atoms with van der Waals surface area (Å²) in [4.78, 5) is 23.4. The van der Waals surface area contributed by atoms with Gasteiger partial charge in [-0.1, -0.05) is 23.9 Å². The van der Waals surface area contributed by atoms with Crippen LogP contribution in [0.5, 0.6) is 0 Å². The first-order valence-corrected chi connectivity index (χ1v) is 9.27. The van der Waals surface area contributed by atoms with Gasteiger partial charge in [0.2, 0.25) is 0 Å². The van der Waals surface area contributed by atoms with Crippen LogP contribution < -0.4 is 0 Å². The van der Waals surface area contributed by atoms with E-state index in [1.165, 1.54) is 30.2 Å². The predicted octanol–water partition coefficient (Wildman–Crippen LogP) is 4.84. The summed E-state index contributed by atoms with van der Waals surface area (Å²) in [6, 6.07) is 10.4. The van der Waals surface area contributed by atoms with E-state index in [2.05, 4.69) is 20.1 Å². The van der Waals surface area contributed by atoms with E-state index in [1.807, 2.05) is 12.1 Å². The first-order chi connectivity index (χ1) is 13.6. The molecule has 6 nitrogen and oxygen atoms in total. The van der Waals surface area contributed by atoms with E-state index in [-0.39, 0.29) is 6.54 Å². The van der Waals surface area contributed by atoms with Crippen molar-refractivity contribution in [1.82, 2.24) is 19.5 Å². The van der Waals surface area contributed by atoms with Gasteiger partial charge in [0.25, 0.3) is 0 Å². The molecule has 4 aromatic rings. The van der Waals surface area contributed by atoms with Gasteiger partial charge in [-0.05, 0) is 40.6 Å². The van der Waals surface area contributed by atoms with Crippen LogP contribution in [-0.4, -0.2) is 19.5 Å². The standard InChI is InChI=1S/C19H13F2N5OS/c20-14-5-13(6-15(21)7-14)8-26-11-24-17-18(26)22-10-23-19(17)28-9-12-1-3-16(25-27)4-2-12/h1-7,10-11H,8-9H2. The largest absolute Gasteiger partial charge is 0.311 e. The molecule has 2 heterocycles. The van der Waals surface area contributed by atoms with Crippen LogP contribution in [0.15, 0.2) is 65.3 Å².